The van der Waals surface area contributed by atoms with Crippen LogP contribution in [0.5, 0.6) is 0 Å². The molecule has 0 aliphatic heterocycles. The van der Waals surface area contributed by atoms with Crippen molar-refractivity contribution in [2.24, 2.45) is 0 Å². The predicted molar refractivity (Wildman–Crippen MR) is 72.7 cm³/mol. The smallest absolute Gasteiger partial charge is 0.238 e. The van der Waals surface area contributed by atoms with Gasteiger partial charge >= 0.3 is 0 Å². The molecule has 8 heteroatoms. The number of rotatable bonds is 4. The average molecular weight is 299 g/mol. The van der Waals surface area contributed by atoms with E-state index in [0.29, 0.717) is 22.9 Å². The van der Waals surface area contributed by atoms with Crippen molar-refractivity contribution < 1.29 is 17.5 Å². The highest BCUT2D eigenvalue weighted by atomic mass is 32.2. The van der Waals surface area contributed by atoms with Gasteiger partial charge in [-0.05, 0) is 6.92 Å². The number of sulfonamides is 1. The van der Waals surface area contributed by atoms with Gasteiger partial charge in [0.25, 0.3) is 0 Å². The maximum atomic E-state index is 12.0. The molecule has 0 atom stereocenters. The molecule has 0 bridgehead atoms. The van der Waals surface area contributed by atoms with E-state index in [1.54, 1.807) is 13.0 Å². The van der Waals surface area contributed by atoms with Crippen molar-refractivity contribution >= 4 is 15.7 Å². The van der Waals surface area contributed by atoms with Crippen LogP contribution >= 0.6 is 0 Å². The summed E-state index contributed by atoms with van der Waals surface area (Å²) in [7, 11) is -3.58. The summed E-state index contributed by atoms with van der Waals surface area (Å²) in [5.41, 5.74) is 0.467. The Morgan fingerprint density at radius 2 is 2.00 bits per heavy atom. The molecule has 0 fully saturated rings. The number of hydrogen-bond donors (Lipinski definition) is 1. The summed E-state index contributed by atoms with van der Waals surface area (Å²) in [6.45, 7) is 7.51. The zero-order chi connectivity index (χ0) is 15.0. The second-order valence-electron chi connectivity index (χ2n) is 5.59. The highest BCUT2D eigenvalue weighted by molar-refractivity contribution is 7.91. The highest BCUT2D eigenvalue weighted by Crippen LogP contribution is 2.23. The van der Waals surface area contributed by atoms with E-state index in [4.69, 9.17) is 9.05 Å². The molecule has 0 aliphatic carbocycles. The first-order valence-electron chi connectivity index (χ1n) is 6.05. The van der Waals surface area contributed by atoms with Crippen LogP contribution in [0.25, 0.3) is 0 Å². The fourth-order valence-corrected chi connectivity index (χ4v) is 2.66. The minimum atomic E-state index is -3.58. The molecule has 0 amide bonds. The summed E-state index contributed by atoms with van der Waals surface area (Å²) in [6, 6.07) is 1.65. The molecule has 0 unspecified atom stereocenters. The third-order valence-corrected chi connectivity index (χ3v) is 3.86. The molecule has 0 spiro atoms. The lowest BCUT2D eigenvalue weighted by atomic mass is 9.93. The molecule has 110 valence electrons. The van der Waals surface area contributed by atoms with Crippen molar-refractivity contribution in [1.82, 2.24) is 10.3 Å². The molecule has 0 saturated heterocycles. The Morgan fingerprint density at radius 3 is 2.50 bits per heavy atom. The van der Waals surface area contributed by atoms with Crippen molar-refractivity contribution in [3.63, 3.8) is 0 Å². The Morgan fingerprint density at radius 1 is 1.30 bits per heavy atom. The third-order valence-electron chi connectivity index (χ3n) is 2.65. The Labute approximate surface area is 117 Å². The van der Waals surface area contributed by atoms with E-state index >= 15 is 0 Å². The van der Waals surface area contributed by atoms with Gasteiger partial charge in [0.1, 0.15) is 22.9 Å². The molecule has 2 heterocycles. The van der Waals surface area contributed by atoms with Gasteiger partial charge in [-0.25, -0.2) is 8.42 Å². The van der Waals surface area contributed by atoms with E-state index in [1.165, 1.54) is 6.20 Å². The second kappa shape index (κ2) is 4.93. The summed E-state index contributed by atoms with van der Waals surface area (Å²) in [4.78, 5) is 0. The Balaban J connectivity index is 2.13. The van der Waals surface area contributed by atoms with Crippen molar-refractivity contribution in [2.75, 3.05) is 4.72 Å². The van der Waals surface area contributed by atoms with Crippen LogP contribution in [0.2, 0.25) is 0 Å². The van der Waals surface area contributed by atoms with Crippen LogP contribution in [0, 0.1) is 6.92 Å². The molecular weight excluding hydrogens is 282 g/mol. The van der Waals surface area contributed by atoms with Gasteiger partial charge in [0, 0.05) is 11.5 Å². The van der Waals surface area contributed by atoms with E-state index in [-0.39, 0.29) is 11.2 Å². The molecular formula is C12H17N3O4S. The van der Waals surface area contributed by atoms with Crippen LogP contribution in [-0.2, 0) is 21.2 Å². The number of nitrogens with zero attached hydrogens (tertiary/aromatic N) is 2. The standard InChI is InChI=1S/C12H17N3O4S/c1-8-10(6-13-18-8)15-20(16,17)7-9-5-11(19-14-9)12(2,3)4/h5-6,15H,7H2,1-4H3. The number of aryl methyl sites for hydroxylation is 1. The lowest BCUT2D eigenvalue weighted by Gasteiger charge is -2.12. The van der Waals surface area contributed by atoms with E-state index in [2.05, 4.69) is 15.0 Å². The van der Waals surface area contributed by atoms with Crippen LogP contribution in [0.4, 0.5) is 5.69 Å². The molecule has 20 heavy (non-hydrogen) atoms. The van der Waals surface area contributed by atoms with E-state index in [9.17, 15) is 8.42 Å². The number of aromatic nitrogens is 2. The summed E-state index contributed by atoms with van der Waals surface area (Å²) in [5, 5.41) is 7.30. The van der Waals surface area contributed by atoms with Crippen LogP contribution in [0.1, 0.15) is 38.0 Å². The van der Waals surface area contributed by atoms with Crippen molar-refractivity contribution in [1.29, 1.82) is 0 Å². The van der Waals surface area contributed by atoms with E-state index in [0.717, 1.165) is 0 Å². The van der Waals surface area contributed by atoms with Gasteiger partial charge in [-0.15, -0.1) is 0 Å². The molecule has 2 aromatic rings. The average Bonchev–Trinajstić information content (AvgIpc) is 2.87. The van der Waals surface area contributed by atoms with Gasteiger partial charge in [0.15, 0.2) is 5.76 Å². The second-order valence-corrected chi connectivity index (χ2v) is 7.31. The number of hydrogen-bond acceptors (Lipinski definition) is 6. The number of nitrogens with one attached hydrogen (secondary N) is 1. The van der Waals surface area contributed by atoms with Gasteiger partial charge < -0.3 is 9.05 Å². The zero-order valence-electron chi connectivity index (χ0n) is 11.8. The van der Waals surface area contributed by atoms with E-state index in [1.807, 2.05) is 20.8 Å². The van der Waals surface area contributed by atoms with Gasteiger partial charge in [0.2, 0.25) is 10.0 Å². The number of anilines is 1. The van der Waals surface area contributed by atoms with Crippen LogP contribution in [0.15, 0.2) is 21.3 Å². The molecule has 0 saturated carbocycles. The highest BCUT2D eigenvalue weighted by Gasteiger charge is 2.22. The van der Waals surface area contributed by atoms with Gasteiger partial charge in [0.05, 0.1) is 6.20 Å². The van der Waals surface area contributed by atoms with Gasteiger partial charge in [-0.2, -0.15) is 0 Å². The summed E-state index contributed by atoms with van der Waals surface area (Å²) < 4.78 is 36.4. The fourth-order valence-electron chi connectivity index (χ4n) is 1.53. The van der Waals surface area contributed by atoms with Crippen LogP contribution in [-0.4, -0.2) is 18.7 Å². The van der Waals surface area contributed by atoms with E-state index < -0.39 is 10.0 Å². The minimum absolute atomic E-state index is 0.215. The summed E-state index contributed by atoms with van der Waals surface area (Å²) in [5.74, 6) is 0.782. The van der Waals surface area contributed by atoms with Crippen molar-refractivity contribution in [3.8, 4) is 0 Å². The topological polar surface area (TPSA) is 98.2 Å². The van der Waals surface area contributed by atoms with Gasteiger partial charge in [-0.3, -0.25) is 4.72 Å². The molecule has 2 rings (SSSR count). The quantitative estimate of drug-likeness (QED) is 0.929. The van der Waals surface area contributed by atoms with Crippen molar-refractivity contribution in [3.05, 3.63) is 29.5 Å². The Kier molecular flexibility index (Phi) is 3.59. The minimum Gasteiger partial charge on any atom is -0.361 e. The molecule has 0 aromatic carbocycles. The first kappa shape index (κ1) is 14.6. The fraction of sp³-hybridized carbons (Fsp3) is 0.500. The molecule has 7 nitrogen and oxygen atoms in total. The van der Waals surface area contributed by atoms with Gasteiger partial charge in [-0.1, -0.05) is 31.1 Å². The summed E-state index contributed by atoms with van der Waals surface area (Å²) in [6.07, 6.45) is 1.32. The van der Waals surface area contributed by atoms with Crippen molar-refractivity contribution in [2.45, 2.75) is 38.9 Å². The molecule has 1 N–H and O–H groups in total. The van der Waals surface area contributed by atoms with Crippen LogP contribution in [0.3, 0.4) is 0 Å². The summed E-state index contributed by atoms with van der Waals surface area (Å²) >= 11 is 0. The molecule has 0 radical (unpaired) electrons. The van der Waals surface area contributed by atoms with Crippen LogP contribution < -0.4 is 4.72 Å². The Bertz CT molecular complexity index is 694. The maximum absolute atomic E-state index is 12.0. The molecule has 0 aliphatic rings. The predicted octanol–water partition coefficient (Wildman–Crippen LogP) is 2.21. The SMILES string of the molecule is Cc1oncc1NS(=O)(=O)Cc1cc(C(C)(C)C)on1. The largest absolute Gasteiger partial charge is 0.361 e. The lowest BCUT2D eigenvalue weighted by Crippen LogP contribution is -2.15. The first-order valence-corrected chi connectivity index (χ1v) is 7.70. The molecule has 2 aromatic heterocycles. The lowest BCUT2D eigenvalue weighted by molar-refractivity contribution is 0.327. The zero-order valence-corrected chi connectivity index (χ0v) is 12.6. The monoisotopic (exact) mass is 299 g/mol. The normalized spacial score (nSPS) is 12.6. The maximum Gasteiger partial charge on any atom is 0.238 e. The third kappa shape index (κ3) is 3.38. The Hall–Kier alpha value is -1.83. The first-order chi connectivity index (χ1) is 9.17.